The molecule has 1 atom stereocenters. The Kier molecular flexibility index (Phi) is 4.55. The van der Waals surface area contributed by atoms with Crippen LogP contribution in [0.1, 0.15) is 11.1 Å². The van der Waals surface area contributed by atoms with Gasteiger partial charge < -0.3 is 4.90 Å². The number of hydrogen-bond donors (Lipinski definition) is 0. The Labute approximate surface area is 180 Å². The zero-order valence-corrected chi connectivity index (χ0v) is 16.8. The van der Waals surface area contributed by atoms with Gasteiger partial charge in [0.1, 0.15) is 5.82 Å². The number of halogens is 3. The number of benzene rings is 3. The second kappa shape index (κ2) is 7.16. The molecule has 5 rings (SSSR count). The van der Waals surface area contributed by atoms with Crippen molar-refractivity contribution in [2.75, 3.05) is 15.6 Å². The lowest BCUT2D eigenvalue weighted by Gasteiger charge is -2.33. The third kappa shape index (κ3) is 2.93. The van der Waals surface area contributed by atoms with E-state index in [0.29, 0.717) is 16.8 Å². The number of amides is 2. The summed E-state index contributed by atoms with van der Waals surface area (Å²) in [5, 5.41) is 0. The number of rotatable bonds is 3. The molecule has 0 N–H and O–H groups in total. The number of para-hydroxylation sites is 1. The summed E-state index contributed by atoms with van der Waals surface area (Å²) in [5.41, 5.74) is 1.86. The second-order valence-electron chi connectivity index (χ2n) is 7.30. The molecule has 0 unspecified atom stereocenters. The van der Waals surface area contributed by atoms with Crippen molar-refractivity contribution in [2.45, 2.75) is 11.4 Å². The van der Waals surface area contributed by atoms with Crippen LogP contribution in [-0.2, 0) is 21.0 Å². The molecule has 0 bridgehead atoms. The standard InChI is InChI=1S/C23H15F3N2O2S/c24-15-5-3-4-14(10-15)12-27-20-7-2-1-6-17(20)23(22(27)30)28(21(29)13-31-23)16-8-9-18(25)19(26)11-16/h1-11H,12-13H2/t23-/m0/s1. The molecule has 1 spiro atoms. The van der Waals surface area contributed by atoms with Gasteiger partial charge in [0.25, 0.3) is 5.91 Å². The Morgan fingerprint density at radius 3 is 2.48 bits per heavy atom. The van der Waals surface area contributed by atoms with Crippen molar-refractivity contribution in [1.82, 2.24) is 0 Å². The normalized spacial score (nSPS) is 20.1. The van der Waals surface area contributed by atoms with Crippen LogP contribution in [-0.4, -0.2) is 17.6 Å². The lowest BCUT2D eigenvalue weighted by molar-refractivity contribution is -0.123. The van der Waals surface area contributed by atoms with Crippen LogP contribution in [0.5, 0.6) is 0 Å². The molecule has 2 aliphatic heterocycles. The molecule has 2 heterocycles. The van der Waals surface area contributed by atoms with Gasteiger partial charge in [-0.3, -0.25) is 14.5 Å². The van der Waals surface area contributed by atoms with Crippen molar-refractivity contribution in [3.63, 3.8) is 0 Å². The number of fused-ring (bicyclic) bond motifs is 2. The first kappa shape index (κ1) is 19.7. The molecule has 0 aliphatic carbocycles. The molecule has 156 valence electrons. The van der Waals surface area contributed by atoms with Crippen molar-refractivity contribution in [3.8, 4) is 0 Å². The van der Waals surface area contributed by atoms with Gasteiger partial charge in [0.05, 0.1) is 18.0 Å². The number of nitrogens with zero attached hydrogens (tertiary/aromatic N) is 2. The van der Waals surface area contributed by atoms with Crippen LogP contribution in [0.3, 0.4) is 0 Å². The highest BCUT2D eigenvalue weighted by atomic mass is 32.2. The van der Waals surface area contributed by atoms with Crippen LogP contribution < -0.4 is 9.80 Å². The maximum atomic E-state index is 14.0. The monoisotopic (exact) mass is 440 g/mol. The summed E-state index contributed by atoms with van der Waals surface area (Å²) >= 11 is 1.14. The van der Waals surface area contributed by atoms with Crippen LogP contribution in [0.4, 0.5) is 24.5 Å². The van der Waals surface area contributed by atoms with E-state index in [1.165, 1.54) is 28.0 Å². The maximum absolute atomic E-state index is 14.0. The van der Waals surface area contributed by atoms with Crippen molar-refractivity contribution in [3.05, 3.63) is 95.3 Å². The van der Waals surface area contributed by atoms with Crippen molar-refractivity contribution >= 4 is 35.0 Å². The van der Waals surface area contributed by atoms with Gasteiger partial charge in [0, 0.05) is 17.3 Å². The summed E-state index contributed by atoms with van der Waals surface area (Å²) in [6, 6.07) is 16.1. The number of carbonyl (C=O) groups is 2. The van der Waals surface area contributed by atoms with E-state index >= 15 is 0 Å². The van der Waals surface area contributed by atoms with E-state index in [9.17, 15) is 22.8 Å². The van der Waals surface area contributed by atoms with E-state index in [1.54, 1.807) is 36.4 Å². The minimum Gasteiger partial charge on any atom is -0.304 e. The molecule has 1 saturated heterocycles. The molecule has 3 aromatic carbocycles. The largest absolute Gasteiger partial charge is 0.304 e. The first-order chi connectivity index (χ1) is 14.9. The predicted octanol–water partition coefficient (Wildman–Crippen LogP) is 4.58. The molecule has 31 heavy (non-hydrogen) atoms. The van der Waals surface area contributed by atoms with Crippen molar-refractivity contribution in [2.24, 2.45) is 0 Å². The van der Waals surface area contributed by atoms with Gasteiger partial charge in [0.15, 0.2) is 11.6 Å². The summed E-state index contributed by atoms with van der Waals surface area (Å²) < 4.78 is 41.2. The summed E-state index contributed by atoms with van der Waals surface area (Å²) in [4.78, 5) is 28.0. The Hall–Kier alpha value is -3.26. The Bertz CT molecular complexity index is 1230. The Morgan fingerprint density at radius 1 is 0.903 bits per heavy atom. The average molecular weight is 440 g/mol. The fourth-order valence-corrected chi connectivity index (χ4v) is 5.51. The molecule has 0 saturated carbocycles. The number of anilines is 2. The van der Waals surface area contributed by atoms with E-state index in [0.717, 1.165) is 23.9 Å². The van der Waals surface area contributed by atoms with Gasteiger partial charge in [0.2, 0.25) is 10.8 Å². The third-order valence-corrected chi connectivity index (χ3v) is 6.84. The Morgan fingerprint density at radius 2 is 1.71 bits per heavy atom. The highest BCUT2D eigenvalue weighted by Gasteiger charge is 2.61. The lowest BCUT2D eigenvalue weighted by Crippen LogP contribution is -2.49. The van der Waals surface area contributed by atoms with E-state index in [4.69, 9.17) is 0 Å². The van der Waals surface area contributed by atoms with Crippen LogP contribution in [0, 0.1) is 17.5 Å². The number of carbonyl (C=O) groups excluding carboxylic acids is 2. The summed E-state index contributed by atoms with van der Waals surface area (Å²) in [6.07, 6.45) is 0. The van der Waals surface area contributed by atoms with Crippen LogP contribution in [0.2, 0.25) is 0 Å². The van der Waals surface area contributed by atoms with E-state index < -0.39 is 28.2 Å². The van der Waals surface area contributed by atoms with Gasteiger partial charge >= 0.3 is 0 Å². The van der Waals surface area contributed by atoms with E-state index in [-0.39, 0.29) is 23.9 Å². The molecule has 4 nitrogen and oxygen atoms in total. The van der Waals surface area contributed by atoms with Crippen LogP contribution >= 0.6 is 11.8 Å². The molecular formula is C23H15F3N2O2S. The van der Waals surface area contributed by atoms with Gasteiger partial charge in [-0.2, -0.15) is 0 Å². The van der Waals surface area contributed by atoms with Crippen LogP contribution in [0.15, 0.2) is 66.7 Å². The highest BCUT2D eigenvalue weighted by Crippen LogP contribution is 2.56. The van der Waals surface area contributed by atoms with E-state index in [1.807, 2.05) is 0 Å². The third-order valence-electron chi connectivity index (χ3n) is 5.45. The van der Waals surface area contributed by atoms with Gasteiger partial charge in [-0.1, -0.05) is 30.3 Å². The Balaban J connectivity index is 1.65. The molecule has 2 amide bonds. The molecular weight excluding hydrogens is 425 g/mol. The van der Waals surface area contributed by atoms with Gasteiger partial charge in [-0.05, 0) is 35.9 Å². The molecule has 1 fully saturated rings. The fourth-order valence-electron chi connectivity index (χ4n) is 4.15. The summed E-state index contributed by atoms with van der Waals surface area (Å²) in [7, 11) is 0. The average Bonchev–Trinajstić information content (AvgIpc) is 3.22. The minimum absolute atomic E-state index is 0.00682. The molecule has 8 heteroatoms. The van der Waals surface area contributed by atoms with Crippen LogP contribution in [0.25, 0.3) is 0 Å². The van der Waals surface area contributed by atoms with Crippen molar-refractivity contribution in [1.29, 1.82) is 0 Å². The first-order valence-corrected chi connectivity index (χ1v) is 10.5. The SMILES string of the molecule is O=C1CS[C@@]2(C(=O)N(Cc3cccc(F)c3)c3ccccc32)N1c1ccc(F)c(F)c1. The molecule has 2 aliphatic rings. The minimum atomic E-state index is -1.44. The summed E-state index contributed by atoms with van der Waals surface area (Å²) in [5.74, 6) is -3.32. The zero-order valence-electron chi connectivity index (χ0n) is 16.0. The molecule has 3 aromatic rings. The number of hydrogen-bond acceptors (Lipinski definition) is 3. The number of thioether (sulfide) groups is 1. The van der Waals surface area contributed by atoms with Crippen molar-refractivity contribution < 1.29 is 22.8 Å². The quantitative estimate of drug-likeness (QED) is 0.599. The smallest absolute Gasteiger partial charge is 0.269 e. The van der Waals surface area contributed by atoms with E-state index in [2.05, 4.69) is 0 Å². The maximum Gasteiger partial charge on any atom is 0.269 e. The lowest BCUT2D eigenvalue weighted by atomic mass is 10.0. The first-order valence-electron chi connectivity index (χ1n) is 9.50. The molecule has 0 aromatic heterocycles. The van der Waals surface area contributed by atoms with Gasteiger partial charge in [-0.15, -0.1) is 11.8 Å². The molecule has 0 radical (unpaired) electrons. The second-order valence-corrected chi connectivity index (χ2v) is 8.47. The zero-order chi connectivity index (χ0) is 21.8. The summed E-state index contributed by atoms with van der Waals surface area (Å²) in [6.45, 7) is 0.107. The predicted molar refractivity (Wildman–Crippen MR) is 112 cm³/mol. The highest BCUT2D eigenvalue weighted by molar-refractivity contribution is 8.02. The fraction of sp³-hybridized carbons (Fsp3) is 0.130. The topological polar surface area (TPSA) is 40.6 Å². The van der Waals surface area contributed by atoms with Gasteiger partial charge in [-0.25, -0.2) is 13.2 Å².